The molecular formula is C8H12NNaO4S. The zero-order chi connectivity index (χ0) is 10.2. The summed E-state index contributed by atoms with van der Waals surface area (Å²) in [6, 6.07) is 2.78. The van der Waals surface area contributed by atoms with Gasteiger partial charge in [-0.25, -0.2) is 8.42 Å². The van der Waals surface area contributed by atoms with Crippen LogP contribution in [0.1, 0.15) is 11.1 Å². The minimum atomic E-state index is -4.40. The van der Waals surface area contributed by atoms with Crippen LogP contribution in [-0.2, 0) is 10.1 Å². The molecule has 80 valence electrons. The molecule has 0 spiro atoms. The summed E-state index contributed by atoms with van der Waals surface area (Å²) in [5.41, 5.74) is 7.00. The number of benzene rings is 1. The largest absolute Gasteiger partial charge is 1.00 e. The van der Waals surface area contributed by atoms with Gasteiger partial charge in [0.15, 0.2) is 0 Å². The molecule has 0 fully saturated rings. The van der Waals surface area contributed by atoms with E-state index >= 15 is 0 Å². The van der Waals surface area contributed by atoms with Gasteiger partial charge in [0.2, 0.25) is 0 Å². The van der Waals surface area contributed by atoms with E-state index in [1.165, 1.54) is 6.07 Å². The van der Waals surface area contributed by atoms with Gasteiger partial charge in [0, 0.05) is 5.69 Å². The number of nitrogen functional groups attached to an aromatic ring is 1. The zero-order valence-corrected chi connectivity index (χ0v) is 11.7. The minimum absolute atomic E-state index is 0. The summed E-state index contributed by atoms with van der Waals surface area (Å²) in [7, 11) is -4.40. The van der Waals surface area contributed by atoms with Crippen LogP contribution in [0.25, 0.3) is 0 Å². The summed E-state index contributed by atoms with van der Waals surface area (Å²) in [5, 5.41) is 0. The summed E-state index contributed by atoms with van der Waals surface area (Å²) in [4.78, 5) is -0.240. The molecule has 5 nitrogen and oxygen atoms in total. The summed E-state index contributed by atoms with van der Waals surface area (Å²) >= 11 is 0. The van der Waals surface area contributed by atoms with Crippen molar-refractivity contribution in [3.8, 4) is 0 Å². The summed E-state index contributed by atoms with van der Waals surface area (Å²) in [5.74, 6) is 0. The number of nitrogens with two attached hydrogens (primary N) is 1. The van der Waals surface area contributed by atoms with E-state index < -0.39 is 10.1 Å². The van der Waals surface area contributed by atoms with Crippen LogP contribution in [0.4, 0.5) is 5.69 Å². The SMILES string of the molecule is Cc1cc(C)c(S(=O)(=O)[O-])cc1N.O.[Na+]. The molecule has 0 amide bonds. The maximum atomic E-state index is 10.7. The number of aryl methyl sites for hydroxylation is 2. The predicted molar refractivity (Wildman–Crippen MR) is 51.9 cm³/mol. The van der Waals surface area contributed by atoms with Gasteiger partial charge >= 0.3 is 29.6 Å². The molecule has 0 aromatic heterocycles. The van der Waals surface area contributed by atoms with Gasteiger partial charge in [-0.2, -0.15) is 0 Å². The second kappa shape index (κ2) is 5.83. The number of hydrogen-bond acceptors (Lipinski definition) is 4. The van der Waals surface area contributed by atoms with Crippen LogP contribution in [0.3, 0.4) is 0 Å². The second-order valence-corrected chi connectivity index (χ2v) is 4.28. The maximum Gasteiger partial charge on any atom is 1.00 e. The van der Waals surface area contributed by atoms with Crippen molar-refractivity contribution in [3.63, 3.8) is 0 Å². The van der Waals surface area contributed by atoms with Gasteiger partial charge in [0.05, 0.1) is 4.90 Å². The van der Waals surface area contributed by atoms with Gasteiger partial charge in [-0.1, -0.05) is 6.07 Å². The van der Waals surface area contributed by atoms with Crippen LogP contribution in [0.5, 0.6) is 0 Å². The molecule has 0 aliphatic carbocycles. The monoisotopic (exact) mass is 241 g/mol. The Labute approximate surface area is 111 Å². The molecule has 1 aromatic carbocycles. The molecule has 0 heterocycles. The summed E-state index contributed by atoms with van der Waals surface area (Å²) in [6.45, 7) is 3.32. The van der Waals surface area contributed by atoms with E-state index in [0.29, 0.717) is 11.3 Å². The van der Waals surface area contributed by atoms with Crippen molar-refractivity contribution in [3.05, 3.63) is 23.3 Å². The van der Waals surface area contributed by atoms with E-state index in [0.717, 1.165) is 5.56 Å². The van der Waals surface area contributed by atoms with Gasteiger partial charge in [-0.3, -0.25) is 0 Å². The van der Waals surface area contributed by atoms with E-state index in [-0.39, 0.29) is 39.9 Å². The van der Waals surface area contributed by atoms with E-state index in [1.54, 1.807) is 19.9 Å². The molecule has 1 aromatic rings. The Bertz CT molecular complexity index is 444. The Morgan fingerprint density at radius 1 is 1.20 bits per heavy atom. The fourth-order valence-electron chi connectivity index (χ4n) is 1.12. The van der Waals surface area contributed by atoms with Gasteiger partial charge in [-0.15, -0.1) is 0 Å². The molecule has 0 saturated heterocycles. The smallest absolute Gasteiger partial charge is 0.744 e. The first-order chi connectivity index (χ1) is 5.82. The summed E-state index contributed by atoms with van der Waals surface area (Å²) in [6.07, 6.45) is 0. The predicted octanol–water partition coefficient (Wildman–Crippen LogP) is -3.03. The summed E-state index contributed by atoms with van der Waals surface area (Å²) < 4.78 is 32.1. The molecule has 0 unspecified atom stereocenters. The minimum Gasteiger partial charge on any atom is -0.744 e. The van der Waals surface area contributed by atoms with Crippen LogP contribution >= 0.6 is 0 Å². The van der Waals surface area contributed by atoms with E-state index in [2.05, 4.69) is 0 Å². The van der Waals surface area contributed by atoms with Crippen molar-refractivity contribution in [1.82, 2.24) is 0 Å². The fourth-order valence-corrected chi connectivity index (χ4v) is 1.84. The third-order valence-electron chi connectivity index (χ3n) is 1.83. The molecule has 4 N–H and O–H groups in total. The fraction of sp³-hybridized carbons (Fsp3) is 0.250. The van der Waals surface area contributed by atoms with Gasteiger partial charge < -0.3 is 15.8 Å². The molecule has 0 bridgehead atoms. The average molecular weight is 241 g/mol. The van der Waals surface area contributed by atoms with Crippen LogP contribution in [0.15, 0.2) is 17.0 Å². The van der Waals surface area contributed by atoms with Crippen molar-refractivity contribution >= 4 is 15.8 Å². The van der Waals surface area contributed by atoms with Gasteiger partial charge in [-0.05, 0) is 31.0 Å². The Morgan fingerprint density at radius 2 is 1.67 bits per heavy atom. The molecule has 0 radical (unpaired) electrons. The quantitative estimate of drug-likeness (QED) is 0.320. The van der Waals surface area contributed by atoms with E-state index in [1.807, 2.05) is 0 Å². The molecule has 0 aliphatic rings. The van der Waals surface area contributed by atoms with E-state index in [4.69, 9.17) is 5.73 Å². The van der Waals surface area contributed by atoms with Crippen LogP contribution < -0.4 is 35.3 Å². The Kier molecular flexibility index (Phi) is 6.72. The third-order valence-corrected chi connectivity index (χ3v) is 2.81. The Morgan fingerprint density at radius 3 is 2.07 bits per heavy atom. The number of anilines is 1. The van der Waals surface area contributed by atoms with Crippen molar-refractivity contribution in [1.29, 1.82) is 0 Å². The van der Waals surface area contributed by atoms with Gasteiger partial charge in [0.25, 0.3) is 0 Å². The third kappa shape index (κ3) is 4.10. The van der Waals surface area contributed by atoms with Crippen LogP contribution in [0, 0.1) is 13.8 Å². The normalized spacial score (nSPS) is 10.1. The number of hydrogen-bond donors (Lipinski definition) is 1. The Balaban J connectivity index is 0. The topological polar surface area (TPSA) is 115 Å². The van der Waals surface area contributed by atoms with E-state index in [9.17, 15) is 13.0 Å². The molecule has 0 saturated carbocycles. The average Bonchev–Trinajstić information content (AvgIpc) is 1.94. The molecule has 7 heteroatoms. The van der Waals surface area contributed by atoms with Crippen LogP contribution in [-0.4, -0.2) is 18.4 Å². The first-order valence-corrected chi connectivity index (χ1v) is 5.06. The molecule has 1 rings (SSSR count). The first-order valence-electron chi connectivity index (χ1n) is 3.65. The molecule has 0 atom stereocenters. The van der Waals surface area contributed by atoms with Crippen molar-refractivity contribution < 1.29 is 48.0 Å². The molecule has 15 heavy (non-hydrogen) atoms. The van der Waals surface area contributed by atoms with Crippen molar-refractivity contribution in [2.45, 2.75) is 18.7 Å². The van der Waals surface area contributed by atoms with Crippen LogP contribution in [0.2, 0.25) is 0 Å². The standard InChI is InChI=1S/C8H11NO3S.Na.H2O/c1-5-3-6(2)8(4-7(5)9)13(10,11)12;;/h3-4H,9H2,1-2H3,(H,10,11,12);;1H2/q;+1;/p-1. The Hall–Kier alpha value is -0.110. The number of rotatable bonds is 1. The van der Waals surface area contributed by atoms with Gasteiger partial charge in [0.1, 0.15) is 10.1 Å². The van der Waals surface area contributed by atoms with Crippen molar-refractivity contribution in [2.24, 2.45) is 0 Å². The maximum absolute atomic E-state index is 10.7. The molecular weight excluding hydrogens is 229 g/mol. The molecule has 0 aliphatic heterocycles. The second-order valence-electron chi connectivity index (χ2n) is 2.93. The zero-order valence-electron chi connectivity index (χ0n) is 8.87. The van der Waals surface area contributed by atoms with Crippen molar-refractivity contribution in [2.75, 3.05) is 5.73 Å². The first kappa shape index (κ1) is 17.3.